The van der Waals surface area contributed by atoms with Gasteiger partial charge in [0.1, 0.15) is 5.82 Å². The quantitative estimate of drug-likeness (QED) is 0.895. The van der Waals surface area contributed by atoms with Crippen LogP contribution >= 0.6 is 0 Å². The molecule has 0 aromatic carbocycles. The number of carbonyl (C=O) groups is 1. The fourth-order valence-corrected chi connectivity index (χ4v) is 4.24. The van der Waals surface area contributed by atoms with Crippen molar-refractivity contribution in [3.63, 3.8) is 0 Å². The third kappa shape index (κ3) is 2.65. The van der Waals surface area contributed by atoms with Gasteiger partial charge in [0.2, 0.25) is 0 Å². The van der Waals surface area contributed by atoms with E-state index in [4.69, 9.17) is 0 Å². The first-order chi connectivity index (χ1) is 9.98. The monoisotopic (exact) mass is 290 g/mol. The van der Waals surface area contributed by atoms with Crippen molar-refractivity contribution in [1.82, 2.24) is 20.2 Å². The molecule has 5 nitrogen and oxygen atoms in total. The van der Waals surface area contributed by atoms with Gasteiger partial charge in [0.05, 0.1) is 6.54 Å². The highest BCUT2D eigenvalue weighted by atomic mass is 16.2. The molecule has 3 saturated carbocycles. The van der Waals surface area contributed by atoms with E-state index in [-0.39, 0.29) is 6.03 Å². The van der Waals surface area contributed by atoms with Crippen LogP contribution < -0.4 is 5.32 Å². The van der Waals surface area contributed by atoms with E-state index in [0.717, 1.165) is 24.2 Å². The first-order valence-electron chi connectivity index (χ1n) is 7.95. The lowest BCUT2D eigenvalue weighted by Crippen LogP contribution is -2.55. The van der Waals surface area contributed by atoms with Crippen molar-refractivity contribution in [2.45, 2.75) is 39.7 Å². The molecule has 21 heavy (non-hydrogen) atoms. The van der Waals surface area contributed by atoms with Crippen molar-refractivity contribution in [1.29, 1.82) is 0 Å². The van der Waals surface area contributed by atoms with Gasteiger partial charge in [-0.2, -0.15) is 0 Å². The predicted octanol–water partition coefficient (Wildman–Crippen LogP) is 2.62. The van der Waals surface area contributed by atoms with Crippen LogP contribution in [0.25, 0.3) is 0 Å². The Hall–Kier alpha value is -1.52. The van der Waals surface area contributed by atoms with Gasteiger partial charge in [-0.3, -0.25) is 0 Å². The van der Waals surface area contributed by atoms with Crippen LogP contribution in [-0.4, -0.2) is 34.5 Å². The number of hydrogen-bond donors (Lipinski definition) is 2. The van der Waals surface area contributed by atoms with Crippen LogP contribution in [0.4, 0.5) is 4.79 Å². The molecular weight excluding hydrogens is 264 g/mol. The van der Waals surface area contributed by atoms with E-state index in [9.17, 15) is 4.79 Å². The van der Waals surface area contributed by atoms with E-state index < -0.39 is 0 Å². The van der Waals surface area contributed by atoms with E-state index >= 15 is 0 Å². The molecule has 3 fully saturated rings. The van der Waals surface area contributed by atoms with Crippen molar-refractivity contribution in [3.05, 3.63) is 18.2 Å². The van der Waals surface area contributed by atoms with Crippen molar-refractivity contribution in [2.75, 3.05) is 13.6 Å². The Balaban J connectivity index is 1.47. The molecule has 0 radical (unpaired) electrons. The van der Waals surface area contributed by atoms with Gasteiger partial charge in [0.25, 0.3) is 0 Å². The summed E-state index contributed by atoms with van der Waals surface area (Å²) in [4.78, 5) is 21.0. The van der Waals surface area contributed by atoms with E-state index in [1.807, 2.05) is 7.05 Å². The molecular formula is C16H26N4O. The Morgan fingerprint density at radius 2 is 2.33 bits per heavy atom. The molecule has 0 aliphatic heterocycles. The number of aromatic amines is 1. The summed E-state index contributed by atoms with van der Waals surface area (Å²) in [7, 11) is 1.81. The molecule has 3 aliphatic carbocycles. The smallest absolute Gasteiger partial charge is 0.317 e. The normalized spacial score (nSPS) is 29.6. The summed E-state index contributed by atoms with van der Waals surface area (Å²) in [5.41, 5.74) is 0.480. The number of H-pyrrole nitrogens is 1. The average molecular weight is 290 g/mol. The lowest BCUT2D eigenvalue weighted by molar-refractivity contribution is -0.103. The Morgan fingerprint density at radius 1 is 1.52 bits per heavy atom. The van der Waals surface area contributed by atoms with Crippen molar-refractivity contribution in [2.24, 2.45) is 23.2 Å². The SMILES string of the molecule is CN(Cc1ncc[nH]1)C(=O)NC[C@H]1CC[C@@H]2C[C@H]1C2(C)C. The summed E-state index contributed by atoms with van der Waals surface area (Å²) in [5, 5.41) is 3.10. The highest BCUT2D eigenvalue weighted by molar-refractivity contribution is 5.73. The second-order valence-electron chi connectivity index (χ2n) is 7.28. The van der Waals surface area contributed by atoms with Crippen molar-refractivity contribution < 1.29 is 4.79 Å². The number of nitrogens with zero attached hydrogens (tertiary/aromatic N) is 2. The fourth-order valence-electron chi connectivity index (χ4n) is 4.24. The molecule has 4 rings (SSSR count). The summed E-state index contributed by atoms with van der Waals surface area (Å²) in [6, 6.07) is -0.00865. The minimum Gasteiger partial charge on any atom is -0.347 e. The molecule has 1 heterocycles. The Morgan fingerprint density at radius 3 is 2.95 bits per heavy atom. The molecule has 1 aromatic rings. The average Bonchev–Trinajstić information content (AvgIpc) is 2.97. The molecule has 1 aromatic heterocycles. The zero-order chi connectivity index (χ0) is 15.0. The predicted molar refractivity (Wildman–Crippen MR) is 81.6 cm³/mol. The topological polar surface area (TPSA) is 61.0 Å². The summed E-state index contributed by atoms with van der Waals surface area (Å²) in [6.45, 7) is 6.11. The third-order valence-electron chi connectivity index (χ3n) is 5.81. The molecule has 3 atom stereocenters. The first kappa shape index (κ1) is 14.4. The van der Waals surface area contributed by atoms with E-state index in [1.165, 1.54) is 19.3 Å². The summed E-state index contributed by atoms with van der Waals surface area (Å²) < 4.78 is 0. The summed E-state index contributed by atoms with van der Waals surface area (Å²) in [6.07, 6.45) is 7.43. The van der Waals surface area contributed by atoms with Gasteiger partial charge in [-0.05, 0) is 42.4 Å². The van der Waals surface area contributed by atoms with Crippen LogP contribution in [-0.2, 0) is 6.54 Å². The number of hydrogen-bond acceptors (Lipinski definition) is 2. The lowest BCUT2D eigenvalue weighted by atomic mass is 9.45. The maximum atomic E-state index is 12.2. The van der Waals surface area contributed by atoms with Crippen LogP contribution in [0.2, 0.25) is 0 Å². The molecule has 0 unspecified atom stereocenters. The second-order valence-corrected chi connectivity index (χ2v) is 7.28. The maximum Gasteiger partial charge on any atom is 0.317 e. The summed E-state index contributed by atoms with van der Waals surface area (Å²) in [5.74, 6) is 3.15. The Kier molecular flexibility index (Phi) is 3.68. The van der Waals surface area contributed by atoms with Crippen LogP contribution in [0.3, 0.4) is 0 Å². The van der Waals surface area contributed by atoms with Gasteiger partial charge in [-0.15, -0.1) is 0 Å². The number of urea groups is 1. The molecule has 3 aliphatic rings. The van der Waals surface area contributed by atoms with Crippen LogP contribution in [0, 0.1) is 23.2 Å². The minimum absolute atomic E-state index is 0.00865. The molecule has 2 bridgehead atoms. The number of fused-ring (bicyclic) bond motifs is 2. The van der Waals surface area contributed by atoms with E-state index in [2.05, 4.69) is 29.1 Å². The van der Waals surface area contributed by atoms with Gasteiger partial charge in [-0.25, -0.2) is 9.78 Å². The molecule has 2 amide bonds. The van der Waals surface area contributed by atoms with Crippen molar-refractivity contribution >= 4 is 6.03 Å². The van der Waals surface area contributed by atoms with Crippen LogP contribution in [0.15, 0.2) is 12.4 Å². The highest BCUT2D eigenvalue weighted by Gasteiger charge is 2.53. The Labute approximate surface area is 126 Å². The Bertz CT molecular complexity index is 494. The lowest BCUT2D eigenvalue weighted by Gasteiger charge is -2.60. The van der Waals surface area contributed by atoms with Crippen LogP contribution in [0.5, 0.6) is 0 Å². The van der Waals surface area contributed by atoms with Gasteiger partial charge >= 0.3 is 6.03 Å². The van der Waals surface area contributed by atoms with Gasteiger partial charge in [0, 0.05) is 26.0 Å². The number of carbonyl (C=O) groups excluding carboxylic acids is 1. The molecule has 0 saturated heterocycles. The number of amides is 2. The van der Waals surface area contributed by atoms with E-state index in [0.29, 0.717) is 17.9 Å². The molecule has 116 valence electrons. The highest BCUT2D eigenvalue weighted by Crippen LogP contribution is 2.61. The van der Waals surface area contributed by atoms with Gasteiger partial charge < -0.3 is 15.2 Å². The fraction of sp³-hybridized carbons (Fsp3) is 0.750. The van der Waals surface area contributed by atoms with Crippen LogP contribution in [0.1, 0.15) is 38.9 Å². The maximum absolute atomic E-state index is 12.2. The third-order valence-corrected chi connectivity index (χ3v) is 5.81. The summed E-state index contributed by atoms with van der Waals surface area (Å²) >= 11 is 0. The van der Waals surface area contributed by atoms with E-state index in [1.54, 1.807) is 17.3 Å². The zero-order valence-corrected chi connectivity index (χ0v) is 13.2. The minimum atomic E-state index is -0.00865. The number of imidazole rings is 1. The molecule has 5 heteroatoms. The second kappa shape index (κ2) is 5.35. The number of rotatable bonds is 4. The first-order valence-corrected chi connectivity index (χ1v) is 7.95. The van der Waals surface area contributed by atoms with Crippen molar-refractivity contribution in [3.8, 4) is 0 Å². The zero-order valence-electron chi connectivity index (χ0n) is 13.2. The number of nitrogens with one attached hydrogen (secondary N) is 2. The largest absolute Gasteiger partial charge is 0.347 e. The molecule has 0 spiro atoms. The number of aromatic nitrogens is 2. The van der Waals surface area contributed by atoms with Gasteiger partial charge in [-0.1, -0.05) is 13.8 Å². The molecule has 2 N–H and O–H groups in total. The standard InChI is InChI=1S/C16H26N4O/c1-16(2)12-5-4-11(13(16)8-12)9-19-15(21)20(3)10-14-17-6-7-18-14/h6-7,11-13H,4-5,8-10H2,1-3H3,(H,17,18)(H,19,21)/t11-,12-,13-/m1/s1. The van der Waals surface area contributed by atoms with Gasteiger partial charge in [0.15, 0.2) is 0 Å².